The lowest BCUT2D eigenvalue weighted by Gasteiger charge is -2.17. The molecular formula is C21H26F3N5O4S2. The van der Waals surface area contributed by atoms with Crippen molar-refractivity contribution in [1.29, 1.82) is 5.41 Å². The molecule has 0 atom stereocenters. The molecule has 0 unspecified atom stereocenters. The standard InChI is InChI=1S/C21H26F3N5O4S2/c1-4-29(5-2)9-10-33-18(30)13-26-16(12-17(25)21(22,23)24)20-28-27-19(34-20)14-7-6-8-15(11-14)35(3,31)32/h6-8,11-12,25-26H,4-5,9-10,13H2,1-3H3/b16-12-,25-17?. The summed E-state index contributed by atoms with van der Waals surface area (Å²) >= 11 is 0.875. The molecule has 0 saturated heterocycles. The number of halogens is 3. The van der Waals surface area contributed by atoms with Crippen molar-refractivity contribution in [3.63, 3.8) is 0 Å². The van der Waals surface area contributed by atoms with Gasteiger partial charge in [-0.2, -0.15) is 13.2 Å². The van der Waals surface area contributed by atoms with Crippen LogP contribution in [0.5, 0.6) is 0 Å². The molecule has 0 aliphatic rings. The van der Waals surface area contributed by atoms with Gasteiger partial charge in [0.2, 0.25) is 0 Å². The number of likely N-dealkylation sites (N-methyl/N-ethyl adjacent to an activating group) is 1. The first-order valence-electron chi connectivity index (χ1n) is 10.5. The third kappa shape index (κ3) is 8.71. The monoisotopic (exact) mass is 533 g/mol. The van der Waals surface area contributed by atoms with E-state index in [0.29, 0.717) is 18.2 Å². The number of aromatic nitrogens is 2. The van der Waals surface area contributed by atoms with Crippen molar-refractivity contribution in [2.24, 2.45) is 0 Å². The maximum atomic E-state index is 13.0. The zero-order chi connectivity index (χ0) is 26.2. The van der Waals surface area contributed by atoms with Crippen LogP contribution >= 0.6 is 11.3 Å². The highest BCUT2D eigenvalue weighted by atomic mass is 32.2. The normalized spacial score (nSPS) is 12.6. The Morgan fingerprint density at radius 3 is 2.54 bits per heavy atom. The molecular weight excluding hydrogens is 507 g/mol. The Morgan fingerprint density at radius 1 is 1.26 bits per heavy atom. The van der Waals surface area contributed by atoms with Crippen LogP contribution in [-0.4, -0.2) is 80.4 Å². The minimum absolute atomic E-state index is 0.0188. The second kappa shape index (κ2) is 12.2. The summed E-state index contributed by atoms with van der Waals surface area (Å²) in [5.41, 5.74) is -1.49. The second-order valence-corrected chi connectivity index (χ2v) is 10.3. The van der Waals surface area contributed by atoms with E-state index < -0.39 is 34.2 Å². The van der Waals surface area contributed by atoms with E-state index in [1.165, 1.54) is 18.2 Å². The van der Waals surface area contributed by atoms with Crippen LogP contribution < -0.4 is 5.32 Å². The smallest absolute Gasteiger partial charge is 0.432 e. The second-order valence-electron chi connectivity index (χ2n) is 7.28. The van der Waals surface area contributed by atoms with Crippen LogP contribution in [0.3, 0.4) is 0 Å². The van der Waals surface area contributed by atoms with Crippen molar-refractivity contribution in [3.8, 4) is 10.6 Å². The maximum absolute atomic E-state index is 13.0. The number of hydrogen-bond acceptors (Lipinski definition) is 10. The molecule has 192 valence electrons. The number of alkyl halides is 3. The Balaban J connectivity index is 2.22. The van der Waals surface area contributed by atoms with E-state index in [9.17, 15) is 26.4 Å². The van der Waals surface area contributed by atoms with Gasteiger partial charge in [-0.25, -0.2) is 8.42 Å². The summed E-state index contributed by atoms with van der Waals surface area (Å²) in [6, 6.07) is 5.88. The zero-order valence-corrected chi connectivity index (χ0v) is 21.0. The third-order valence-electron chi connectivity index (χ3n) is 4.75. The topological polar surface area (TPSA) is 125 Å². The molecule has 0 aliphatic carbocycles. The van der Waals surface area contributed by atoms with Gasteiger partial charge in [0, 0.05) is 18.4 Å². The van der Waals surface area contributed by atoms with Crippen LogP contribution in [0.2, 0.25) is 0 Å². The Hall–Kier alpha value is -2.84. The summed E-state index contributed by atoms with van der Waals surface area (Å²) in [5, 5.41) is 17.9. The summed E-state index contributed by atoms with van der Waals surface area (Å²) in [5.74, 6) is -0.688. The predicted molar refractivity (Wildman–Crippen MR) is 127 cm³/mol. The van der Waals surface area contributed by atoms with E-state index in [4.69, 9.17) is 10.1 Å². The lowest BCUT2D eigenvalue weighted by atomic mass is 10.2. The van der Waals surface area contributed by atoms with Gasteiger partial charge in [0.15, 0.2) is 14.8 Å². The SMILES string of the molecule is CCN(CC)CCOC(=O)CN/C(=C\C(=N)C(F)(F)F)c1nnc(-c2cccc(S(C)(=O)=O)c2)s1. The van der Waals surface area contributed by atoms with Gasteiger partial charge in [0.05, 0.1) is 10.6 Å². The van der Waals surface area contributed by atoms with Crippen LogP contribution in [-0.2, 0) is 19.4 Å². The van der Waals surface area contributed by atoms with Crippen LogP contribution in [0, 0.1) is 5.41 Å². The van der Waals surface area contributed by atoms with E-state index in [-0.39, 0.29) is 27.2 Å². The number of esters is 1. The first kappa shape index (κ1) is 28.4. The number of sulfone groups is 1. The van der Waals surface area contributed by atoms with E-state index in [0.717, 1.165) is 30.7 Å². The number of carbonyl (C=O) groups is 1. The van der Waals surface area contributed by atoms with Gasteiger partial charge >= 0.3 is 12.1 Å². The molecule has 0 saturated carbocycles. The summed E-state index contributed by atoms with van der Waals surface area (Å²) in [6.45, 7) is 5.69. The van der Waals surface area contributed by atoms with Crippen LogP contribution in [0.1, 0.15) is 18.9 Å². The van der Waals surface area contributed by atoms with Crippen molar-refractivity contribution in [2.75, 3.05) is 39.0 Å². The fraction of sp³-hybridized carbons (Fsp3) is 0.429. The average Bonchev–Trinajstić information content (AvgIpc) is 3.28. The van der Waals surface area contributed by atoms with Crippen molar-refractivity contribution in [1.82, 2.24) is 20.4 Å². The minimum Gasteiger partial charge on any atom is -0.463 e. The molecule has 0 aliphatic heterocycles. The fourth-order valence-electron chi connectivity index (χ4n) is 2.77. The van der Waals surface area contributed by atoms with Gasteiger partial charge in [-0.1, -0.05) is 37.3 Å². The molecule has 0 amide bonds. The summed E-state index contributed by atoms with van der Waals surface area (Å²) in [6.07, 6.45) is -3.35. The zero-order valence-electron chi connectivity index (χ0n) is 19.3. The van der Waals surface area contributed by atoms with Gasteiger partial charge in [0.25, 0.3) is 0 Å². The predicted octanol–water partition coefficient (Wildman–Crippen LogP) is 3.01. The van der Waals surface area contributed by atoms with Gasteiger partial charge in [-0.15, -0.1) is 10.2 Å². The lowest BCUT2D eigenvalue weighted by molar-refractivity contribution is -0.142. The number of benzene rings is 1. The molecule has 2 aromatic rings. The third-order valence-corrected chi connectivity index (χ3v) is 6.86. The van der Waals surface area contributed by atoms with E-state index >= 15 is 0 Å². The molecule has 0 fully saturated rings. The molecule has 0 radical (unpaired) electrons. The minimum atomic E-state index is -4.91. The summed E-state index contributed by atoms with van der Waals surface area (Å²) in [4.78, 5) is 14.2. The van der Waals surface area contributed by atoms with Crippen molar-refractivity contribution in [2.45, 2.75) is 24.9 Å². The molecule has 35 heavy (non-hydrogen) atoms. The Bertz CT molecular complexity index is 1180. The number of rotatable bonds is 12. The number of ether oxygens (including phenoxy) is 1. The van der Waals surface area contributed by atoms with E-state index in [1.54, 1.807) is 6.07 Å². The molecule has 1 aromatic carbocycles. The summed E-state index contributed by atoms with van der Waals surface area (Å²) in [7, 11) is -3.48. The quantitative estimate of drug-likeness (QED) is 0.315. The summed E-state index contributed by atoms with van der Waals surface area (Å²) < 4.78 is 67.7. The fourth-order valence-corrected chi connectivity index (χ4v) is 4.27. The number of nitrogens with one attached hydrogen (secondary N) is 2. The molecule has 14 heteroatoms. The van der Waals surface area contributed by atoms with E-state index in [1.807, 2.05) is 18.7 Å². The maximum Gasteiger partial charge on any atom is 0.432 e. The number of allylic oxidation sites excluding steroid dienone is 1. The highest BCUT2D eigenvalue weighted by molar-refractivity contribution is 7.90. The Morgan fingerprint density at radius 2 is 1.94 bits per heavy atom. The molecule has 0 bridgehead atoms. The van der Waals surface area contributed by atoms with Gasteiger partial charge in [-0.05, 0) is 31.3 Å². The number of hydrogen-bond donors (Lipinski definition) is 2. The molecule has 0 spiro atoms. The van der Waals surface area contributed by atoms with E-state index in [2.05, 4.69) is 15.5 Å². The van der Waals surface area contributed by atoms with Gasteiger partial charge in [0.1, 0.15) is 23.9 Å². The molecule has 2 N–H and O–H groups in total. The number of carbonyl (C=O) groups excluding carboxylic acids is 1. The van der Waals surface area contributed by atoms with Crippen LogP contribution in [0.25, 0.3) is 16.3 Å². The highest BCUT2D eigenvalue weighted by Crippen LogP contribution is 2.29. The van der Waals surface area contributed by atoms with Crippen molar-refractivity contribution >= 4 is 38.6 Å². The number of nitrogens with zero attached hydrogens (tertiary/aromatic N) is 3. The lowest BCUT2D eigenvalue weighted by Crippen LogP contribution is -2.30. The average molecular weight is 534 g/mol. The van der Waals surface area contributed by atoms with Gasteiger partial charge in [-0.3, -0.25) is 10.2 Å². The first-order chi connectivity index (χ1) is 16.3. The molecule has 1 aromatic heterocycles. The van der Waals surface area contributed by atoms with Gasteiger partial charge < -0.3 is 15.0 Å². The van der Waals surface area contributed by atoms with Crippen LogP contribution in [0.15, 0.2) is 35.2 Å². The Kier molecular flexibility index (Phi) is 9.92. The molecule has 9 nitrogen and oxygen atoms in total. The Labute approximate surface area is 205 Å². The molecule has 2 rings (SSSR count). The first-order valence-corrected chi connectivity index (χ1v) is 13.2. The molecule has 1 heterocycles. The van der Waals surface area contributed by atoms with Crippen LogP contribution in [0.4, 0.5) is 13.2 Å². The largest absolute Gasteiger partial charge is 0.463 e. The van der Waals surface area contributed by atoms with Crippen molar-refractivity contribution in [3.05, 3.63) is 35.3 Å². The van der Waals surface area contributed by atoms with Crippen molar-refractivity contribution < 1.29 is 31.1 Å². The highest BCUT2D eigenvalue weighted by Gasteiger charge is 2.33.